The van der Waals surface area contributed by atoms with Gasteiger partial charge in [0.1, 0.15) is 5.56 Å². The maximum Gasteiger partial charge on any atom is 0.343 e. The fraction of sp³-hybridized carbons (Fsp3) is 0.571. The molecule has 126 valence electrons. The number of aryl methyl sites for hydroxylation is 1. The molecule has 2 amide bonds. The van der Waals surface area contributed by atoms with Crippen LogP contribution in [0.2, 0.25) is 0 Å². The highest BCUT2D eigenvalue weighted by atomic mass is 16.5. The molecule has 1 aromatic heterocycles. The summed E-state index contributed by atoms with van der Waals surface area (Å²) in [4.78, 5) is 36.6. The molecule has 9 heteroatoms. The summed E-state index contributed by atoms with van der Waals surface area (Å²) in [6.45, 7) is 2.51. The van der Waals surface area contributed by atoms with E-state index in [1.165, 1.54) is 15.8 Å². The molecule has 1 unspecified atom stereocenters. The predicted octanol–water partition coefficient (Wildman–Crippen LogP) is 0.925. The smallest absolute Gasteiger partial charge is 0.343 e. The van der Waals surface area contributed by atoms with E-state index in [-0.39, 0.29) is 24.5 Å². The highest BCUT2D eigenvalue weighted by molar-refractivity contribution is 5.99. The summed E-state index contributed by atoms with van der Waals surface area (Å²) in [6, 6.07) is -0.472. The third kappa shape index (κ3) is 3.99. The summed E-state index contributed by atoms with van der Waals surface area (Å²) in [5, 5.41) is 15.7. The fourth-order valence-corrected chi connectivity index (χ4v) is 2.48. The molecule has 1 aliphatic rings. The highest BCUT2D eigenvalue weighted by Crippen LogP contribution is 2.19. The Morgan fingerprint density at radius 2 is 2.22 bits per heavy atom. The number of hydrogen-bond donors (Lipinski definition) is 2. The van der Waals surface area contributed by atoms with Gasteiger partial charge in [0.2, 0.25) is 0 Å². The van der Waals surface area contributed by atoms with Crippen LogP contribution < -0.4 is 5.32 Å². The number of carbonyl (C=O) groups excluding carboxylic acids is 2. The monoisotopic (exact) mass is 324 g/mol. The van der Waals surface area contributed by atoms with Crippen LogP contribution in [0.25, 0.3) is 0 Å². The maximum absolute atomic E-state index is 12.3. The lowest BCUT2D eigenvalue weighted by atomic mass is 9.99. The highest BCUT2D eigenvalue weighted by Gasteiger charge is 2.29. The lowest BCUT2D eigenvalue weighted by Crippen LogP contribution is -2.44. The summed E-state index contributed by atoms with van der Waals surface area (Å²) in [5.41, 5.74) is 0.162. The Hall–Kier alpha value is -2.58. The molecular formula is C14H20N4O5. The minimum Gasteiger partial charge on any atom is -0.481 e. The van der Waals surface area contributed by atoms with Crippen LogP contribution >= 0.6 is 0 Å². The number of piperidine rings is 1. The van der Waals surface area contributed by atoms with Gasteiger partial charge in [-0.1, -0.05) is 0 Å². The quantitative estimate of drug-likeness (QED) is 0.796. The van der Waals surface area contributed by atoms with E-state index >= 15 is 0 Å². The molecule has 2 N–H and O–H groups in total. The van der Waals surface area contributed by atoms with Crippen LogP contribution in [0.15, 0.2) is 6.20 Å². The number of rotatable bonds is 4. The first-order chi connectivity index (χ1) is 10.9. The molecule has 0 spiro atoms. The van der Waals surface area contributed by atoms with Crippen molar-refractivity contribution in [3.05, 3.63) is 11.8 Å². The SMILES string of the molecule is CCOC(=O)c1cn(C)nc1NC(=O)N1CCCC(C(=O)O)C1. The lowest BCUT2D eigenvalue weighted by molar-refractivity contribution is -0.143. The van der Waals surface area contributed by atoms with Gasteiger partial charge in [-0.25, -0.2) is 9.59 Å². The van der Waals surface area contributed by atoms with E-state index in [0.717, 1.165) is 0 Å². The Labute approximate surface area is 133 Å². The molecule has 0 bridgehead atoms. The van der Waals surface area contributed by atoms with Crippen molar-refractivity contribution in [2.24, 2.45) is 13.0 Å². The minimum absolute atomic E-state index is 0.105. The van der Waals surface area contributed by atoms with Crippen molar-refractivity contribution in [1.82, 2.24) is 14.7 Å². The van der Waals surface area contributed by atoms with Crippen LogP contribution in [-0.2, 0) is 16.6 Å². The zero-order chi connectivity index (χ0) is 17.0. The van der Waals surface area contributed by atoms with Crippen molar-refractivity contribution in [2.75, 3.05) is 25.0 Å². The number of carbonyl (C=O) groups is 3. The summed E-state index contributed by atoms with van der Waals surface area (Å²) in [7, 11) is 1.62. The van der Waals surface area contributed by atoms with E-state index in [1.54, 1.807) is 14.0 Å². The van der Waals surface area contributed by atoms with Crippen LogP contribution in [0.3, 0.4) is 0 Å². The molecular weight excluding hydrogens is 304 g/mol. The second-order valence-corrected chi connectivity index (χ2v) is 5.34. The summed E-state index contributed by atoms with van der Waals surface area (Å²) in [5.74, 6) is -1.94. The van der Waals surface area contributed by atoms with E-state index in [2.05, 4.69) is 10.4 Å². The number of ether oxygens (including phenoxy) is 1. The van der Waals surface area contributed by atoms with Crippen molar-refractivity contribution < 1.29 is 24.2 Å². The summed E-state index contributed by atoms with van der Waals surface area (Å²) >= 11 is 0. The molecule has 1 aromatic rings. The van der Waals surface area contributed by atoms with Gasteiger partial charge in [-0.15, -0.1) is 0 Å². The van der Waals surface area contributed by atoms with Gasteiger partial charge in [0.05, 0.1) is 12.5 Å². The van der Waals surface area contributed by atoms with Crippen molar-refractivity contribution in [1.29, 1.82) is 0 Å². The predicted molar refractivity (Wildman–Crippen MR) is 80.1 cm³/mol. The standard InChI is InChI=1S/C14H20N4O5/c1-3-23-13(21)10-8-17(2)16-11(10)15-14(22)18-6-4-5-9(7-18)12(19)20/h8-9H,3-7H2,1-2H3,(H,19,20)(H,15,16,22). The van der Waals surface area contributed by atoms with E-state index in [1.807, 2.05) is 0 Å². The van der Waals surface area contributed by atoms with Crippen molar-refractivity contribution >= 4 is 23.8 Å². The summed E-state index contributed by atoms with van der Waals surface area (Å²) < 4.78 is 6.32. The van der Waals surface area contributed by atoms with Gasteiger partial charge < -0.3 is 14.7 Å². The number of anilines is 1. The van der Waals surface area contributed by atoms with Crippen LogP contribution in [0.5, 0.6) is 0 Å². The summed E-state index contributed by atoms with van der Waals surface area (Å²) in [6.07, 6.45) is 2.64. The first-order valence-corrected chi connectivity index (χ1v) is 7.41. The molecule has 9 nitrogen and oxygen atoms in total. The van der Waals surface area contributed by atoms with Crippen molar-refractivity contribution in [3.63, 3.8) is 0 Å². The van der Waals surface area contributed by atoms with Gasteiger partial charge >= 0.3 is 18.0 Å². The van der Waals surface area contributed by atoms with Crippen LogP contribution in [-0.4, -0.2) is 57.5 Å². The average Bonchev–Trinajstić information content (AvgIpc) is 2.88. The van der Waals surface area contributed by atoms with E-state index in [0.29, 0.717) is 19.4 Å². The molecule has 0 radical (unpaired) electrons. The third-order valence-electron chi connectivity index (χ3n) is 3.61. The molecule has 0 aromatic carbocycles. The number of likely N-dealkylation sites (tertiary alicyclic amines) is 1. The number of esters is 1. The Kier molecular flexibility index (Phi) is 5.20. The van der Waals surface area contributed by atoms with Crippen LogP contribution in [0.1, 0.15) is 30.1 Å². The number of carboxylic acid groups (broad SMARTS) is 1. The lowest BCUT2D eigenvalue weighted by Gasteiger charge is -2.30. The van der Waals surface area contributed by atoms with Gasteiger partial charge in [-0.2, -0.15) is 5.10 Å². The molecule has 23 heavy (non-hydrogen) atoms. The number of hydrogen-bond acceptors (Lipinski definition) is 5. The number of aromatic nitrogens is 2. The Morgan fingerprint density at radius 1 is 1.48 bits per heavy atom. The Morgan fingerprint density at radius 3 is 2.87 bits per heavy atom. The first-order valence-electron chi connectivity index (χ1n) is 7.41. The molecule has 1 saturated heterocycles. The second-order valence-electron chi connectivity index (χ2n) is 5.34. The van der Waals surface area contributed by atoms with Gasteiger partial charge in [0.15, 0.2) is 5.82 Å². The number of amides is 2. The first kappa shape index (κ1) is 16.8. The number of aliphatic carboxylic acids is 1. The number of nitrogens with one attached hydrogen (secondary N) is 1. The van der Waals surface area contributed by atoms with Gasteiger partial charge in [0, 0.05) is 26.3 Å². The van der Waals surface area contributed by atoms with Crippen molar-refractivity contribution in [3.8, 4) is 0 Å². The zero-order valence-corrected chi connectivity index (χ0v) is 13.1. The molecule has 2 heterocycles. The Bertz CT molecular complexity index is 612. The molecule has 0 aliphatic carbocycles. The Balaban J connectivity index is 2.08. The normalized spacial score (nSPS) is 17.7. The van der Waals surface area contributed by atoms with E-state index in [9.17, 15) is 14.4 Å². The molecule has 1 fully saturated rings. The third-order valence-corrected chi connectivity index (χ3v) is 3.61. The second kappa shape index (κ2) is 7.12. The van der Waals surface area contributed by atoms with Gasteiger partial charge in [-0.3, -0.25) is 14.8 Å². The average molecular weight is 324 g/mol. The van der Waals surface area contributed by atoms with Crippen LogP contribution in [0, 0.1) is 5.92 Å². The number of carboxylic acids is 1. The molecule has 1 atom stereocenters. The topological polar surface area (TPSA) is 114 Å². The van der Waals surface area contributed by atoms with Gasteiger partial charge in [-0.05, 0) is 19.8 Å². The fourth-order valence-electron chi connectivity index (χ4n) is 2.48. The van der Waals surface area contributed by atoms with E-state index < -0.39 is 23.9 Å². The molecule has 0 saturated carbocycles. The molecule has 2 rings (SSSR count). The number of urea groups is 1. The largest absolute Gasteiger partial charge is 0.481 e. The van der Waals surface area contributed by atoms with Crippen molar-refractivity contribution in [2.45, 2.75) is 19.8 Å². The van der Waals surface area contributed by atoms with Crippen LogP contribution in [0.4, 0.5) is 10.6 Å². The minimum atomic E-state index is -0.910. The van der Waals surface area contributed by atoms with E-state index in [4.69, 9.17) is 9.84 Å². The molecule has 1 aliphatic heterocycles. The maximum atomic E-state index is 12.3. The van der Waals surface area contributed by atoms with Gasteiger partial charge in [0.25, 0.3) is 0 Å². The zero-order valence-electron chi connectivity index (χ0n) is 13.1. The number of nitrogens with zero attached hydrogens (tertiary/aromatic N) is 3.